The van der Waals surface area contributed by atoms with E-state index in [1.807, 2.05) is 6.92 Å². The molecule has 4 heteroatoms. The van der Waals surface area contributed by atoms with E-state index in [0.717, 1.165) is 12.5 Å². The minimum absolute atomic E-state index is 0.180. The number of nitrogens with two attached hydrogens (primary N) is 1. The van der Waals surface area contributed by atoms with Crippen LogP contribution in [0.3, 0.4) is 0 Å². The van der Waals surface area contributed by atoms with E-state index in [1.54, 1.807) is 0 Å². The molecule has 1 fully saturated rings. The Morgan fingerprint density at radius 3 is 2.69 bits per heavy atom. The number of halogens is 2. The summed E-state index contributed by atoms with van der Waals surface area (Å²) in [7, 11) is 0. The van der Waals surface area contributed by atoms with Gasteiger partial charge in [-0.15, -0.1) is 0 Å². The molecule has 1 aliphatic rings. The van der Waals surface area contributed by atoms with Crippen LogP contribution in [0.1, 0.15) is 24.9 Å². The van der Waals surface area contributed by atoms with Crippen molar-refractivity contribution in [2.24, 2.45) is 11.7 Å². The lowest BCUT2D eigenvalue weighted by molar-refractivity contribution is 0.118. The Balaban J connectivity index is 2.14. The Hall–Kier alpha value is -1.00. The summed E-state index contributed by atoms with van der Waals surface area (Å²) in [6, 6.07) is 3.53. The zero-order valence-electron chi connectivity index (χ0n) is 9.12. The van der Waals surface area contributed by atoms with Crippen molar-refractivity contribution in [3.63, 3.8) is 0 Å². The van der Waals surface area contributed by atoms with Crippen molar-refractivity contribution in [2.75, 3.05) is 6.61 Å². The van der Waals surface area contributed by atoms with Gasteiger partial charge in [0.2, 0.25) is 0 Å². The van der Waals surface area contributed by atoms with E-state index in [9.17, 15) is 8.78 Å². The molecule has 0 radical (unpaired) electrons. The van der Waals surface area contributed by atoms with Crippen LogP contribution in [0.15, 0.2) is 18.2 Å². The van der Waals surface area contributed by atoms with Crippen molar-refractivity contribution < 1.29 is 13.5 Å². The van der Waals surface area contributed by atoms with E-state index < -0.39 is 11.6 Å². The lowest BCUT2D eigenvalue weighted by Gasteiger charge is -2.18. The molecular weight excluding hydrogens is 212 g/mol. The molecule has 1 aromatic carbocycles. The molecule has 3 atom stereocenters. The van der Waals surface area contributed by atoms with Crippen LogP contribution in [0.25, 0.3) is 0 Å². The Morgan fingerprint density at radius 1 is 1.38 bits per heavy atom. The lowest BCUT2D eigenvalue weighted by atomic mass is 9.92. The number of ether oxygens (including phenoxy) is 1. The molecule has 1 heterocycles. The number of hydrogen-bond donors (Lipinski definition) is 1. The van der Waals surface area contributed by atoms with Crippen LogP contribution in [-0.4, -0.2) is 12.7 Å². The minimum atomic E-state index is -0.847. The first-order chi connectivity index (χ1) is 7.58. The van der Waals surface area contributed by atoms with Crippen LogP contribution in [-0.2, 0) is 4.74 Å². The Labute approximate surface area is 93.4 Å². The number of benzene rings is 1. The Kier molecular flexibility index (Phi) is 3.21. The van der Waals surface area contributed by atoms with E-state index in [0.29, 0.717) is 12.2 Å². The fourth-order valence-electron chi connectivity index (χ4n) is 2.09. The second-order valence-electron chi connectivity index (χ2n) is 4.34. The van der Waals surface area contributed by atoms with Crippen LogP contribution in [0.5, 0.6) is 0 Å². The first-order valence-electron chi connectivity index (χ1n) is 5.40. The fourth-order valence-corrected chi connectivity index (χ4v) is 2.09. The van der Waals surface area contributed by atoms with Gasteiger partial charge in [-0.3, -0.25) is 0 Å². The molecular formula is C12H15F2NO. The molecule has 1 saturated heterocycles. The molecule has 0 bridgehead atoms. The second kappa shape index (κ2) is 4.47. The predicted molar refractivity (Wildman–Crippen MR) is 56.8 cm³/mol. The second-order valence-corrected chi connectivity index (χ2v) is 4.34. The van der Waals surface area contributed by atoms with E-state index in [4.69, 9.17) is 10.5 Å². The summed E-state index contributed by atoms with van der Waals surface area (Å²) in [4.78, 5) is 0. The third-order valence-corrected chi connectivity index (χ3v) is 3.07. The van der Waals surface area contributed by atoms with Gasteiger partial charge < -0.3 is 10.5 Å². The van der Waals surface area contributed by atoms with Crippen molar-refractivity contribution >= 4 is 0 Å². The van der Waals surface area contributed by atoms with Gasteiger partial charge in [-0.1, -0.05) is 6.07 Å². The van der Waals surface area contributed by atoms with Gasteiger partial charge in [0.15, 0.2) is 11.6 Å². The average molecular weight is 227 g/mol. The highest BCUT2D eigenvalue weighted by atomic mass is 19.2. The zero-order valence-corrected chi connectivity index (χ0v) is 9.12. The quantitative estimate of drug-likeness (QED) is 0.842. The Bertz CT molecular complexity index is 383. The smallest absolute Gasteiger partial charge is 0.159 e. The lowest BCUT2D eigenvalue weighted by Crippen LogP contribution is -2.22. The van der Waals surface area contributed by atoms with Gasteiger partial charge in [0.1, 0.15) is 0 Å². The van der Waals surface area contributed by atoms with Crippen molar-refractivity contribution in [3.8, 4) is 0 Å². The van der Waals surface area contributed by atoms with Crippen LogP contribution in [0.2, 0.25) is 0 Å². The van der Waals surface area contributed by atoms with Crippen LogP contribution in [0, 0.1) is 17.6 Å². The van der Waals surface area contributed by atoms with E-state index in [-0.39, 0.29) is 18.1 Å². The van der Waals surface area contributed by atoms with E-state index in [2.05, 4.69) is 0 Å². The van der Waals surface area contributed by atoms with Crippen molar-refractivity contribution in [1.29, 1.82) is 0 Å². The molecule has 0 aromatic heterocycles. The molecule has 1 aliphatic heterocycles. The van der Waals surface area contributed by atoms with E-state index >= 15 is 0 Å². The SMILES string of the molecule is CC1CC(C(N)c2ccc(F)c(F)c2)CO1. The number of rotatable bonds is 2. The number of hydrogen-bond acceptors (Lipinski definition) is 2. The summed E-state index contributed by atoms with van der Waals surface area (Å²) in [6.45, 7) is 2.57. The summed E-state index contributed by atoms with van der Waals surface area (Å²) in [6.07, 6.45) is 1.06. The highest BCUT2D eigenvalue weighted by Gasteiger charge is 2.28. The molecule has 88 valence electrons. The monoisotopic (exact) mass is 227 g/mol. The first-order valence-corrected chi connectivity index (χ1v) is 5.40. The molecule has 0 saturated carbocycles. The van der Waals surface area contributed by atoms with Crippen LogP contribution >= 0.6 is 0 Å². The van der Waals surface area contributed by atoms with Gasteiger partial charge >= 0.3 is 0 Å². The molecule has 2 nitrogen and oxygen atoms in total. The fraction of sp³-hybridized carbons (Fsp3) is 0.500. The third-order valence-electron chi connectivity index (χ3n) is 3.07. The molecule has 16 heavy (non-hydrogen) atoms. The van der Waals surface area contributed by atoms with Gasteiger partial charge in [-0.25, -0.2) is 8.78 Å². The van der Waals surface area contributed by atoms with Crippen molar-refractivity contribution in [2.45, 2.75) is 25.5 Å². The summed E-state index contributed by atoms with van der Waals surface area (Å²) in [5.41, 5.74) is 6.64. The summed E-state index contributed by atoms with van der Waals surface area (Å²) in [5.74, 6) is -1.51. The molecule has 0 spiro atoms. The molecule has 3 unspecified atom stereocenters. The van der Waals surface area contributed by atoms with Gasteiger partial charge in [-0.2, -0.15) is 0 Å². The first kappa shape index (κ1) is 11.5. The summed E-state index contributed by atoms with van der Waals surface area (Å²) < 4.78 is 31.2. The van der Waals surface area contributed by atoms with Crippen LogP contribution in [0.4, 0.5) is 8.78 Å². The minimum Gasteiger partial charge on any atom is -0.378 e. The third kappa shape index (κ3) is 2.23. The maximum Gasteiger partial charge on any atom is 0.159 e. The standard InChI is InChI=1S/C12H15F2NO/c1-7-4-9(6-16-7)12(15)8-2-3-10(13)11(14)5-8/h2-3,5,7,9,12H,4,6,15H2,1H3. The highest BCUT2D eigenvalue weighted by Crippen LogP contribution is 2.30. The van der Waals surface area contributed by atoms with Gasteiger partial charge in [-0.05, 0) is 31.0 Å². The molecule has 2 N–H and O–H groups in total. The maximum absolute atomic E-state index is 13.0. The topological polar surface area (TPSA) is 35.2 Å². The maximum atomic E-state index is 13.0. The van der Waals surface area contributed by atoms with Crippen LogP contribution < -0.4 is 5.73 Å². The van der Waals surface area contributed by atoms with Crippen molar-refractivity contribution in [1.82, 2.24) is 0 Å². The van der Waals surface area contributed by atoms with E-state index in [1.165, 1.54) is 12.1 Å². The Morgan fingerprint density at radius 2 is 2.12 bits per heavy atom. The molecule has 2 rings (SSSR count). The molecule has 1 aromatic rings. The average Bonchev–Trinajstić information content (AvgIpc) is 2.68. The predicted octanol–water partition coefficient (Wildman–Crippen LogP) is 2.39. The molecule has 0 amide bonds. The highest BCUT2D eigenvalue weighted by molar-refractivity contribution is 5.21. The van der Waals surface area contributed by atoms with Gasteiger partial charge in [0.25, 0.3) is 0 Å². The summed E-state index contributed by atoms with van der Waals surface area (Å²) >= 11 is 0. The zero-order chi connectivity index (χ0) is 11.7. The molecule has 0 aliphatic carbocycles. The van der Waals surface area contributed by atoms with Crippen molar-refractivity contribution in [3.05, 3.63) is 35.4 Å². The summed E-state index contributed by atoms with van der Waals surface area (Å²) in [5, 5.41) is 0. The largest absolute Gasteiger partial charge is 0.378 e. The van der Waals surface area contributed by atoms with Gasteiger partial charge in [0.05, 0.1) is 12.7 Å². The normalized spacial score (nSPS) is 27.0. The van der Waals surface area contributed by atoms with Gasteiger partial charge in [0, 0.05) is 12.0 Å².